The zero-order valence-electron chi connectivity index (χ0n) is 26.6. The molecule has 0 saturated heterocycles. The quantitative estimate of drug-likeness (QED) is 0.143. The highest BCUT2D eigenvalue weighted by Crippen LogP contribution is 2.28. The van der Waals surface area contributed by atoms with Gasteiger partial charge < -0.3 is 15.0 Å². The van der Waals surface area contributed by atoms with Gasteiger partial charge in [-0.3, -0.25) is 13.9 Å². The lowest BCUT2D eigenvalue weighted by atomic mass is 10.0. The summed E-state index contributed by atoms with van der Waals surface area (Å²) < 4.78 is 35.0. The molecular weight excluding hydrogens is 657 g/mol. The number of hydrogen-bond donors (Lipinski definition) is 1. The number of halogens is 2. The largest absolute Gasteiger partial charge is 0.494 e. The lowest BCUT2D eigenvalue weighted by Crippen LogP contribution is -2.54. The molecule has 0 radical (unpaired) electrons. The van der Waals surface area contributed by atoms with Gasteiger partial charge in [-0.15, -0.1) is 0 Å². The van der Waals surface area contributed by atoms with Crippen LogP contribution in [0.4, 0.5) is 5.69 Å². The maximum atomic E-state index is 14.6. The lowest BCUT2D eigenvalue weighted by molar-refractivity contribution is -0.140. The number of anilines is 1. The normalized spacial score (nSPS) is 12.5. The van der Waals surface area contributed by atoms with Crippen LogP contribution in [0.1, 0.15) is 38.3 Å². The topological polar surface area (TPSA) is 96.0 Å². The molecule has 248 valence electrons. The van der Waals surface area contributed by atoms with Crippen molar-refractivity contribution in [3.05, 3.63) is 124 Å². The highest BCUT2D eigenvalue weighted by atomic mass is 35.5. The smallest absolute Gasteiger partial charge is 0.264 e. The van der Waals surface area contributed by atoms with E-state index in [0.717, 1.165) is 9.87 Å². The van der Waals surface area contributed by atoms with Crippen LogP contribution in [0, 0.1) is 0 Å². The van der Waals surface area contributed by atoms with Crippen LogP contribution < -0.4 is 14.4 Å². The van der Waals surface area contributed by atoms with Gasteiger partial charge in [0.2, 0.25) is 11.8 Å². The number of carbonyl (C=O) groups excluding carboxylic acids is 2. The van der Waals surface area contributed by atoms with Crippen molar-refractivity contribution < 1.29 is 22.7 Å². The fourth-order valence-electron chi connectivity index (χ4n) is 4.94. The molecule has 4 aromatic rings. The van der Waals surface area contributed by atoms with Crippen molar-refractivity contribution in [3.8, 4) is 5.75 Å². The molecule has 2 amide bonds. The Hall–Kier alpha value is -4.05. The average Bonchev–Trinajstić information content (AvgIpc) is 3.07. The highest BCUT2D eigenvalue weighted by Gasteiger charge is 2.35. The van der Waals surface area contributed by atoms with E-state index in [0.29, 0.717) is 34.4 Å². The van der Waals surface area contributed by atoms with E-state index in [1.54, 1.807) is 48.5 Å². The molecule has 47 heavy (non-hydrogen) atoms. The van der Waals surface area contributed by atoms with Gasteiger partial charge in [0.1, 0.15) is 18.3 Å². The van der Waals surface area contributed by atoms with E-state index in [4.69, 9.17) is 27.9 Å². The molecule has 0 saturated carbocycles. The van der Waals surface area contributed by atoms with Gasteiger partial charge in [-0.2, -0.15) is 0 Å². The van der Waals surface area contributed by atoms with E-state index in [-0.39, 0.29) is 35.5 Å². The van der Waals surface area contributed by atoms with Crippen LogP contribution in [-0.2, 0) is 32.6 Å². The lowest BCUT2D eigenvalue weighted by Gasteiger charge is -2.34. The maximum absolute atomic E-state index is 14.6. The minimum absolute atomic E-state index is 0.0258. The van der Waals surface area contributed by atoms with Gasteiger partial charge in [0, 0.05) is 29.1 Å². The monoisotopic (exact) mass is 695 g/mol. The highest BCUT2D eigenvalue weighted by molar-refractivity contribution is 7.92. The van der Waals surface area contributed by atoms with E-state index in [9.17, 15) is 18.0 Å². The van der Waals surface area contributed by atoms with E-state index in [2.05, 4.69) is 5.32 Å². The van der Waals surface area contributed by atoms with Crippen molar-refractivity contribution in [2.45, 2.75) is 57.1 Å². The van der Waals surface area contributed by atoms with Crippen LogP contribution in [0.2, 0.25) is 10.0 Å². The summed E-state index contributed by atoms with van der Waals surface area (Å²) >= 11 is 12.6. The van der Waals surface area contributed by atoms with E-state index >= 15 is 0 Å². The third-order valence-corrected chi connectivity index (χ3v) is 10.1. The summed E-state index contributed by atoms with van der Waals surface area (Å²) in [5.74, 6) is -0.384. The summed E-state index contributed by atoms with van der Waals surface area (Å²) in [5.41, 5.74) is 1.70. The molecule has 2 atom stereocenters. The predicted molar refractivity (Wildman–Crippen MR) is 187 cm³/mol. The summed E-state index contributed by atoms with van der Waals surface area (Å²) in [6.45, 7) is 5.52. The van der Waals surface area contributed by atoms with Crippen molar-refractivity contribution in [1.82, 2.24) is 10.2 Å². The predicted octanol–water partition coefficient (Wildman–Crippen LogP) is 7.14. The first kappa shape index (κ1) is 35.8. The van der Waals surface area contributed by atoms with Crippen LogP contribution in [0.25, 0.3) is 0 Å². The Balaban J connectivity index is 1.81. The molecule has 4 rings (SSSR count). The van der Waals surface area contributed by atoms with Crippen molar-refractivity contribution >= 4 is 50.7 Å². The number of amides is 2. The molecule has 0 fully saturated rings. The molecule has 0 aliphatic carbocycles. The Labute approximate surface area is 287 Å². The summed E-state index contributed by atoms with van der Waals surface area (Å²) in [7, 11) is -4.27. The minimum Gasteiger partial charge on any atom is -0.494 e. The molecule has 2 unspecified atom stereocenters. The van der Waals surface area contributed by atoms with Gasteiger partial charge >= 0.3 is 0 Å². The van der Waals surface area contributed by atoms with Gasteiger partial charge in [0.05, 0.1) is 17.2 Å². The molecule has 0 bridgehead atoms. The number of carbonyl (C=O) groups is 2. The number of rotatable bonds is 15. The first-order valence-corrected chi connectivity index (χ1v) is 17.6. The second kappa shape index (κ2) is 16.7. The number of nitrogens with zero attached hydrogens (tertiary/aromatic N) is 2. The number of benzene rings is 4. The first-order valence-electron chi connectivity index (χ1n) is 15.4. The van der Waals surface area contributed by atoms with Crippen molar-refractivity contribution in [3.63, 3.8) is 0 Å². The Kier molecular flexibility index (Phi) is 12.7. The second-order valence-corrected chi connectivity index (χ2v) is 13.7. The van der Waals surface area contributed by atoms with Crippen LogP contribution in [-0.4, -0.2) is 50.4 Å². The van der Waals surface area contributed by atoms with Gasteiger partial charge in [-0.25, -0.2) is 8.42 Å². The van der Waals surface area contributed by atoms with E-state index in [1.807, 2.05) is 51.1 Å². The molecule has 4 aromatic carbocycles. The standard InChI is InChI=1S/C36H39Cl2N3O5S/c1-4-26(3)39-36(43)34(23-27-11-7-6-8-12-27)40(24-28-13-9-10-14-33(28)38)35(42)25-41(30-17-19-31(20-18-30)46-5-2)47(44,45)32-21-15-29(37)16-22-32/h6-22,26,34H,4-5,23-25H2,1-3H3,(H,39,43). The summed E-state index contributed by atoms with van der Waals surface area (Å²) in [6, 6.07) is 27.5. The fourth-order valence-corrected chi connectivity index (χ4v) is 6.68. The van der Waals surface area contributed by atoms with E-state index in [1.165, 1.54) is 29.2 Å². The van der Waals surface area contributed by atoms with Crippen LogP contribution in [0.5, 0.6) is 5.75 Å². The molecule has 0 heterocycles. The molecular formula is C36H39Cl2N3O5S. The van der Waals surface area contributed by atoms with Gasteiger partial charge in [0.25, 0.3) is 10.0 Å². The van der Waals surface area contributed by atoms with Crippen LogP contribution in [0.3, 0.4) is 0 Å². The molecule has 0 aliphatic heterocycles. The number of ether oxygens (including phenoxy) is 1. The average molecular weight is 697 g/mol. The van der Waals surface area contributed by atoms with Crippen molar-refractivity contribution in [1.29, 1.82) is 0 Å². The van der Waals surface area contributed by atoms with Gasteiger partial charge in [-0.1, -0.05) is 78.7 Å². The Morgan fingerprint density at radius 3 is 2.11 bits per heavy atom. The molecule has 0 aromatic heterocycles. The number of sulfonamides is 1. The molecule has 11 heteroatoms. The molecule has 0 aliphatic rings. The SMILES string of the molecule is CCOc1ccc(N(CC(=O)N(Cc2ccccc2Cl)C(Cc2ccccc2)C(=O)NC(C)CC)S(=O)(=O)c2ccc(Cl)cc2)cc1. The van der Waals surface area contributed by atoms with Crippen LogP contribution in [0.15, 0.2) is 108 Å². The third kappa shape index (κ3) is 9.50. The molecule has 8 nitrogen and oxygen atoms in total. The van der Waals surface area contributed by atoms with Crippen molar-refractivity contribution in [2.75, 3.05) is 17.5 Å². The fraction of sp³-hybridized carbons (Fsp3) is 0.278. The first-order chi connectivity index (χ1) is 22.5. The van der Waals surface area contributed by atoms with Crippen molar-refractivity contribution in [2.24, 2.45) is 0 Å². The molecule has 1 N–H and O–H groups in total. The third-order valence-electron chi connectivity index (χ3n) is 7.69. The van der Waals surface area contributed by atoms with Gasteiger partial charge in [0.15, 0.2) is 0 Å². The van der Waals surface area contributed by atoms with E-state index < -0.39 is 28.5 Å². The summed E-state index contributed by atoms with van der Waals surface area (Å²) in [4.78, 5) is 29.9. The molecule has 0 spiro atoms. The summed E-state index contributed by atoms with van der Waals surface area (Å²) in [6.07, 6.45) is 0.888. The Bertz CT molecular complexity index is 1740. The summed E-state index contributed by atoms with van der Waals surface area (Å²) in [5, 5.41) is 3.82. The second-order valence-electron chi connectivity index (χ2n) is 11.0. The number of hydrogen-bond acceptors (Lipinski definition) is 5. The Morgan fingerprint density at radius 1 is 0.851 bits per heavy atom. The number of nitrogens with one attached hydrogen (secondary N) is 1. The Morgan fingerprint density at radius 2 is 1.49 bits per heavy atom. The van der Waals surface area contributed by atoms with Crippen LogP contribution >= 0.6 is 23.2 Å². The minimum atomic E-state index is -4.27. The zero-order chi connectivity index (χ0) is 34.0. The van der Waals surface area contributed by atoms with Gasteiger partial charge in [-0.05, 0) is 86.0 Å². The zero-order valence-corrected chi connectivity index (χ0v) is 28.9. The maximum Gasteiger partial charge on any atom is 0.264 e.